The molecular formula is C15H16N2O6S. The predicted molar refractivity (Wildman–Crippen MR) is 87.1 cm³/mol. The van der Waals surface area contributed by atoms with Crippen LogP contribution in [0.2, 0.25) is 0 Å². The lowest BCUT2D eigenvalue weighted by molar-refractivity contribution is -0.137. The number of carbonyl (C=O) groups excluding carboxylic acids is 3. The SMILES string of the molecule is CCOc1ccccc1N1C(=O)SC(CC(=O)NCC(=O)O)C1=O. The number of amides is 3. The van der Waals surface area contributed by atoms with Gasteiger partial charge in [-0.15, -0.1) is 0 Å². The summed E-state index contributed by atoms with van der Waals surface area (Å²) in [5, 5.41) is 9.31. The number of carboxylic acids is 1. The first kappa shape index (κ1) is 17.8. The average molecular weight is 352 g/mol. The summed E-state index contributed by atoms with van der Waals surface area (Å²) in [5.41, 5.74) is 0.329. The van der Waals surface area contributed by atoms with E-state index in [2.05, 4.69) is 5.32 Å². The Labute approximate surface area is 142 Å². The van der Waals surface area contributed by atoms with Crippen LogP contribution >= 0.6 is 11.8 Å². The van der Waals surface area contributed by atoms with Gasteiger partial charge in [-0.05, 0) is 30.8 Å². The Morgan fingerprint density at radius 1 is 1.33 bits per heavy atom. The fraction of sp³-hybridized carbons (Fsp3) is 0.333. The van der Waals surface area contributed by atoms with E-state index in [1.165, 1.54) is 0 Å². The van der Waals surface area contributed by atoms with Gasteiger partial charge < -0.3 is 15.2 Å². The molecule has 1 aromatic rings. The van der Waals surface area contributed by atoms with Crippen molar-refractivity contribution in [1.82, 2.24) is 5.32 Å². The molecule has 1 aromatic carbocycles. The van der Waals surface area contributed by atoms with E-state index in [0.717, 1.165) is 16.7 Å². The summed E-state index contributed by atoms with van der Waals surface area (Å²) < 4.78 is 5.43. The van der Waals surface area contributed by atoms with Crippen LogP contribution in [0.25, 0.3) is 0 Å². The van der Waals surface area contributed by atoms with Gasteiger partial charge >= 0.3 is 5.97 Å². The molecule has 0 radical (unpaired) electrons. The van der Waals surface area contributed by atoms with Crippen molar-refractivity contribution in [3.8, 4) is 5.75 Å². The van der Waals surface area contributed by atoms with Crippen molar-refractivity contribution in [2.45, 2.75) is 18.6 Å². The number of para-hydroxylation sites is 2. The molecular weight excluding hydrogens is 336 g/mol. The Hall–Kier alpha value is -2.55. The first-order valence-corrected chi connectivity index (χ1v) is 8.07. The molecule has 1 aliphatic heterocycles. The van der Waals surface area contributed by atoms with E-state index in [0.29, 0.717) is 18.0 Å². The molecule has 1 unspecified atom stereocenters. The Balaban J connectivity index is 2.12. The molecule has 2 N–H and O–H groups in total. The van der Waals surface area contributed by atoms with Crippen molar-refractivity contribution in [3.63, 3.8) is 0 Å². The van der Waals surface area contributed by atoms with Crippen LogP contribution in [-0.2, 0) is 14.4 Å². The smallest absolute Gasteiger partial charge is 0.322 e. The highest BCUT2D eigenvalue weighted by atomic mass is 32.2. The van der Waals surface area contributed by atoms with E-state index in [1.807, 2.05) is 0 Å². The van der Waals surface area contributed by atoms with Gasteiger partial charge in [-0.25, -0.2) is 4.90 Å². The van der Waals surface area contributed by atoms with Gasteiger partial charge in [-0.1, -0.05) is 12.1 Å². The van der Waals surface area contributed by atoms with Crippen molar-refractivity contribution in [2.24, 2.45) is 0 Å². The number of rotatable bonds is 7. The zero-order valence-electron chi connectivity index (χ0n) is 12.9. The van der Waals surface area contributed by atoms with Gasteiger partial charge in [-0.3, -0.25) is 19.2 Å². The summed E-state index contributed by atoms with van der Waals surface area (Å²) in [5.74, 6) is -1.91. The van der Waals surface area contributed by atoms with Crippen LogP contribution in [0.5, 0.6) is 5.75 Å². The fourth-order valence-corrected chi connectivity index (χ4v) is 3.12. The van der Waals surface area contributed by atoms with Crippen LogP contribution in [0.4, 0.5) is 10.5 Å². The lowest BCUT2D eigenvalue weighted by Gasteiger charge is -2.17. The largest absolute Gasteiger partial charge is 0.492 e. The predicted octanol–water partition coefficient (Wildman–Crippen LogP) is 1.24. The van der Waals surface area contributed by atoms with Crippen molar-refractivity contribution >= 4 is 40.5 Å². The highest BCUT2D eigenvalue weighted by Gasteiger charge is 2.42. The molecule has 0 bridgehead atoms. The van der Waals surface area contributed by atoms with Crippen molar-refractivity contribution in [2.75, 3.05) is 18.1 Å². The number of nitrogens with one attached hydrogen (secondary N) is 1. The summed E-state index contributed by atoms with van der Waals surface area (Å²) >= 11 is 0.740. The minimum Gasteiger partial charge on any atom is -0.492 e. The molecule has 0 aromatic heterocycles. The van der Waals surface area contributed by atoms with Crippen molar-refractivity contribution in [1.29, 1.82) is 0 Å². The van der Waals surface area contributed by atoms with Gasteiger partial charge in [-0.2, -0.15) is 0 Å². The number of carboxylic acid groups (broad SMARTS) is 1. The summed E-state index contributed by atoms with van der Waals surface area (Å²) in [6.45, 7) is 1.63. The van der Waals surface area contributed by atoms with Crippen LogP contribution < -0.4 is 15.0 Å². The Bertz CT molecular complexity index is 678. The Morgan fingerprint density at radius 3 is 2.71 bits per heavy atom. The van der Waals surface area contributed by atoms with Gasteiger partial charge in [0.2, 0.25) is 11.8 Å². The average Bonchev–Trinajstić information content (AvgIpc) is 2.80. The van der Waals surface area contributed by atoms with Crippen LogP contribution in [0, 0.1) is 0 Å². The number of nitrogens with zero attached hydrogens (tertiary/aromatic N) is 1. The summed E-state index contributed by atoms with van der Waals surface area (Å²) in [7, 11) is 0. The normalized spacial score (nSPS) is 17.0. The molecule has 24 heavy (non-hydrogen) atoms. The van der Waals surface area contributed by atoms with Gasteiger partial charge in [0.1, 0.15) is 17.5 Å². The summed E-state index contributed by atoms with van der Waals surface area (Å²) in [6, 6.07) is 6.64. The molecule has 3 amide bonds. The number of thioether (sulfide) groups is 1. The number of hydrogen-bond acceptors (Lipinski definition) is 6. The number of ether oxygens (including phenoxy) is 1. The highest BCUT2D eigenvalue weighted by molar-refractivity contribution is 8.15. The maximum atomic E-state index is 12.5. The molecule has 1 atom stereocenters. The van der Waals surface area contributed by atoms with Crippen LogP contribution in [0.1, 0.15) is 13.3 Å². The molecule has 2 rings (SSSR count). The third-order valence-electron chi connectivity index (χ3n) is 3.14. The fourth-order valence-electron chi connectivity index (χ4n) is 2.14. The molecule has 8 nitrogen and oxygen atoms in total. The number of aliphatic carboxylic acids is 1. The van der Waals surface area contributed by atoms with Gasteiger partial charge in [0, 0.05) is 6.42 Å². The maximum Gasteiger partial charge on any atom is 0.322 e. The molecule has 1 heterocycles. The molecule has 0 aliphatic carbocycles. The van der Waals surface area contributed by atoms with Gasteiger partial charge in [0.25, 0.3) is 5.24 Å². The van der Waals surface area contributed by atoms with Gasteiger partial charge in [0.05, 0.1) is 12.3 Å². The number of hydrogen-bond donors (Lipinski definition) is 2. The second-order valence-electron chi connectivity index (χ2n) is 4.82. The van der Waals surface area contributed by atoms with Gasteiger partial charge in [0.15, 0.2) is 0 Å². The minimum absolute atomic E-state index is 0.268. The van der Waals surface area contributed by atoms with Crippen LogP contribution in [0.15, 0.2) is 24.3 Å². The number of imide groups is 1. The minimum atomic E-state index is -1.18. The molecule has 0 saturated carbocycles. The summed E-state index contributed by atoms with van der Waals surface area (Å²) in [4.78, 5) is 47.8. The summed E-state index contributed by atoms with van der Waals surface area (Å²) in [6.07, 6.45) is -0.268. The van der Waals surface area contributed by atoms with E-state index in [4.69, 9.17) is 9.84 Å². The molecule has 1 aliphatic rings. The van der Waals surface area contributed by atoms with Crippen LogP contribution in [-0.4, -0.2) is 46.5 Å². The molecule has 9 heteroatoms. The number of anilines is 1. The highest BCUT2D eigenvalue weighted by Crippen LogP contribution is 2.37. The third-order valence-corrected chi connectivity index (χ3v) is 4.17. The monoisotopic (exact) mass is 352 g/mol. The van der Waals surface area contributed by atoms with E-state index in [9.17, 15) is 19.2 Å². The lowest BCUT2D eigenvalue weighted by Crippen LogP contribution is -2.36. The molecule has 128 valence electrons. The second-order valence-corrected chi connectivity index (χ2v) is 5.98. The van der Waals surface area contributed by atoms with Crippen molar-refractivity contribution in [3.05, 3.63) is 24.3 Å². The Morgan fingerprint density at radius 2 is 2.04 bits per heavy atom. The zero-order chi connectivity index (χ0) is 17.7. The molecule has 1 saturated heterocycles. The van der Waals surface area contributed by atoms with Crippen molar-refractivity contribution < 1.29 is 29.0 Å². The van der Waals surface area contributed by atoms with E-state index in [-0.39, 0.29) is 6.42 Å². The first-order valence-electron chi connectivity index (χ1n) is 7.19. The molecule has 1 fully saturated rings. The van der Waals surface area contributed by atoms with E-state index >= 15 is 0 Å². The van der Waals surface area contributed by atoms with E-state index < -0.39 is 34.8 Å². The van der Waals surface area contributed by atoms with E-state index in [1.54, 1.807) is 31.2 Å². The number of carbonyl (C=O) groups is 4. The number of benzene rings is 1. The van der Waals surface area contributed by atoms with Crippen LogP contribution in [0.3, 0.4) is 0 Å². The first-order chi connectivity index (χ1) is 11.4. The standard InChI is InChI=1S/C15H16N2O6S/c1-2-23-10-6-4-3-5-9(10)17-14(21)11(24-15(17)22)7-12(18)16-8-13(19)20/h3-6,11H,2,7-8H2,1H3,(H,16,18)(H,19,20). The lowest BCUT2D eigenvalue weighted by atomic mass is 10.2. The topological polar surface area (TPSA) is 113 Å². The second kappa shape index (κ2) is 7.82. The quantitative estimate of drug-likeness (QED) is 0.759. The Kier molecular flexibility index (Phi) is 5.80. The zero-order valence-corrected chi connectivity index (χ0v) is 13.7. The third kappa shape index (κ3) is 4.05. The maximum absolute atomic E-state index is 12.5. The molecule has 0 spiro atoms.